The van der Waals surface area contributed by atoms with E-state index in [9.17, 15) is 8.42 Å². The summed E-state index contributed by atoms with van der Waals surface area (Å²) >= 11 is 0. The molecule has 2 aromatic carbocycles. The van der Waals surface area contributed by atoms with Crippen LogP contribution in [0.3, 0.4) is 0 Å². The molecule has 1 fully saturated rings. The molecular weight excluding hydrogens is 312 g/mol. The Morgan fingerprint density at radius 1 is 1.13 bits per heavy atom. The predicted molar refractivity (Wildman–Crippen MR) is 88.3 cm³/mol. The van der Waals surface area contributed by atoms with Crippen molar-refractivity contribution < 1.29 is 13.2 Å². The molecule has 2 aliphatic heterocycles. The Balaban J connectivity index is 1.66. The zero-order valence-corrected chi connectivity index (χ0v) is 13.3. The molecule has 2 unspecified atom stereocenters. The van der Waals surface area contributed by atoms with Crippen molar-refractivity contribution in [3.8, 4) is 5.75 Å². The maximum absolute atomic E-state index is 12.6. The number of fused-ring (bicyclic) bond motifs is 3. The molecule has 0 radical (unpaired) electrons. The zero-order chi connectivity index (χ0) is 15.9. The van der Waals surface area contributed by atoms with Gasteiger partial charge in [-0.05, 0) is 43.3 Å². The third kappa shape index (κ3) is 2.68. The number of ether oxygens (including phenoxy) is 1. The van der Waals surface area contributed by atoms with Gasteiger partial charge in [0.05, 0.1) is 4.90 Å². The summed E-state index contributed by atoms with van der Waals surface area (Å²) in [6, 6.07) is 14.1. The Morgan fingerprint density at radius 2 is 1.96 bits per heavy atom. The molecule has 6 heteroatoms. The normalized spacial score (nSPS) is 22.8. The van der Waals surface area contributed by atoms with Gasteiger partial charge in [0.25, 0.3) is 10.0 Å². The van der Waals surface area contributed by atoms with Gasteiger partial charge in [-0.25, -0.2) is 8.42 Å². The molecule has 0 aliphatic carbocycles. The fraction of sp³-hybridized carbons (Fsp3) is 0.294. The van der Waals surface area contributed by atoms with Gasteiger partial charge in [-0.2, -0.15) is 0 Å². The molecule has 0 bridgehead atoms. The van der Waals surface area contributed by atoms with Crippen molar-refractivity contribution in [2.75, 3.05) is 17.8 Å². The summed E-state index contributed by atoms with van der Waals surface area (Å²) in [6.45, 7) is 1.74. The minimum atomic E-state index is -3.59. The lowest BCUT2D eigenvalue weighted by Gasteiger charge is -2.24. The summed E-state index contributed by atoms with van der Waals surface area (Å²) in [6.07, 6.45) is 1.08. The number of hydrogen-bond donors (Lipinski definition) is 2. The van der Waals surface area contributed by atoms with Crippen molar-refractivity contribution >= 4 is 15.7 Å². The number of rotatable bonds is 3. The molecule has 2 heterocycles. The van der Waals surface area contributed by atoms with E-state index < -0.39 is 10.0 Å². The Hall–Kier alpha value is -2.05. The van der Waals surface area contributed by atoms with Gasteiger partial charge in [0.1, 0.15) is 11.9 Å². The van der Waals surface area contributed by atoms with Gasteiger partial charge >= 0.3 is 0 Å². The van der Waals surface area contributed by atoms with Crippen LogP contribution in [0.1, 0.15) is 17.9 Å². The summed E-state index contributed by atoms with van der Waals surface area (Å²) < 4.78 is 33.7. The van der Waals surface area contributed by atoms with Crippen molar-refractivity contribution in [3.05, 3.63) is 54.1 Å². The molecule has 2 atom stereocenters. The highest BCUT2D eigenvalue weighted by molar-refractivity contribution is 7.92. The summed E-state index contributed by atoms with van der Waals surface area (Å²) in [5, 5.41) is 3.31. The molecular formula is C17H18N2O3S. The smallest absolute Gasteiger partial charge is 0.261 e. The van der Waals surface area contributed by atoms with E-state index in [4.69, 9.17) is 4.74 Å². The van der Waals surface area contributed by atoms with Gasteiger partial charge in [-0.3, -0.25) is 4.72 Å². The highest BCUT2D eigenvalue weighted by atomic mass is 32.2. The molecule has 2 aliphatic rings. The molecule has 1 saturated heterocycles. The first kappa shape index (κ1) is 14.5. The van der Waals surface area contributed by atoms with Crippen LogP contribution in [0.15, 0.2) is 53.4 Å². The number of hydrogen-bond acceptors (Lipinski definition) is 4. The Morgan fingerprint density at radius 3 is 2.78 bits per heavy atom. The van der Waals surface area contributed by atoms with E-state index in [-0.39, 0.29) is 16.9 Å². The Bertz CT molecular complexity index is 821. The number of para-hydroxylation sites is 1. The second-order valence-electron chi connectivity index (χ2n) is 5.93. The van der Waals surface area contributed by atoms with Crippen LogP contribution in [0.25, 0.3) is 0 Å². The molecule has 0 spiro atoms. The minimum Gasteiger partial charge on any atom is -0.488 e. The first-order valence-corrected chi connectivity index (χ1v) is 9.21. The second-order valence-corrected chi connectivity index (χ2v) is 7.61. The first-order valence-electron chi connectivity index (χ1n) is 7.73. The van der Waals surface area contributed by atoms with Gasteiger partial charge in [-0.15, -0.1) is 0 Å². The van der Waals surface area contributed by atoms with Crippen molar-refractivity contribution in [1.82, 2.24) is 5.32 Å². The molecule has 0 aromatic heterocycles. The maximum atomic E-state index is 12.6. The van der Waals surface area contributed by atoms with Gasteiger partial charge in [-0.1, -0.05) is 18.2 Å². The monoisotopic (exact) mass is 330 g/mol. The van der Waals surface area contributed by atoms with Crippen LogP contribution in [0.5, 0.6) is 5.75 Å². The van der Waals surface area contributed by atoms with Gasteiger partial charge < -0.3 is 10.1 Å². The standard InChI is InChI=1S/C17H18N2O3S/c20-23(21,19-12-4-2-1-3-5-12)13-6-7-16-15(10-13)14-8-9-18-11-17(14)22-16/h1-7,10,14,17-19H,8-9,11H2. The lowest BCUT2D eigenvalue weighted by molar-refractivity contribution is 0.177. The molecule has 5 nitrogen and oxygen atoms in total. The quantitative estimate of drug-likeness (QED) is 0.906. The first-order chi connectivity index (χ1) is 11.1. The van der Waals surface area contributed by atoms with E-state index in [0.29, 0.717) is 5.69 Å². The number of nitrogens with one attached hydrogen (secondary N) is 2. The highest BCUT2D eigenvalue weighted by Crippen LogP contribution is 2.42. The SMILES string of the molecule is O=S(=O)(Nc1ccccc1)c1ccc2c(c1)C1CCNCC1O2. The maximum Gasteiger partial charge on any atom is 0.261 e. The Kier molecular flexibility index (Phi) is 3.50. The van der Waals surface area contributed by atoms with E-state index in [2.05, 4.69) is 10.0 Å². The van der Waals surface area contributed by atoms with Crippen LogP contribution in [0.4, 0.5) is 5.69 Å². The van der Waals surface area contributed by atoms with E-state index in [1.54, 1.807) is 42.5 Å². The minimum absolute atomic E-state index is 0.110. The van der Waals surface area contributed by atoms with E-state index in [1.807, 2.05) is 6.07 Å². The zero-order valence-electron chi connectivity index (χ0n) is 12.5. The summed E-state index contributed by atoms with van der Waals surface area (Å²) in [7, 11) is -3.59. The number of sulfonamides is 1. The van der Waals surface area contributed by atoms with Gasteiger partial charge in [0, 0.05) is 23.7 Å². The predicted octanol–water partition coefficient (Wildman–Crippen LogP) is 2.33. The van der Waals surface area contributed by atoms with Crippen molar-refractivity contribution in [2.45, 2.75) is 23.3 Å². The topological polar surface area (TPSA) is 67.4 Å². The lowest BCUT2D eigenvalue weighted by atomic mass is 9.90. The molecule has 2 N–H and O–H groups in total. The molecule has 0 saturated carbocycles. The largest absolute Gasteiger partial charge is 0.488 e. The van der Waals surface area contributed by atoms with Gasteiger partial charge in [0.2, 0.25) is 0 Å². The number of anilines is 1. The van der Waals surface area contributed by atoms with Crippen LogP contribution >= 0.6 is 0 Å². The van der Waals surface area contributed by atoms with Crippen LogP contribution < -0.4 is 14.8 Å². The summed E-state index contributed by atoms with van der Waals surface area (Å²) in [5.74, 6) is 1.08. The van der Waals surface area contributed by atoms with Gasteiger partial charge in [0.15, 0.2) is 0 Å². The summed E-state index contributed by atoms with van der Waals surface area (Å²) in [5.41, 5.74) is 1.57. The molecule has 23 heavy (non-hydrogen) atoms. The third-order valence-corrected chi connectivity index (χ3v) is 5.80. The van der Waals surface area contributed by atoms with Crippen LogP contribution in [0.2, 0.25) is 0 Å². The van der Waals surface area contributed by atoms with Crippen LogP contribution in [-0.4, -0.2) is 27.6 Å². The highest BCUT2D eigenvalue weighted by Gasteiger charge is 2.36. The molecule has 2 aromatic rings. The van der Waals surface area contributed by atoms with E-state index in [1.165, 1.54) is 0 Å². The van der Waals surface area contributed by atoms with Crippen LogP contribution in [-0.2, 0) is 10.0 Å². The van der Waals surface area contributed by atoms with Crippen molar-refractivity contribution in [2.24, 2.45) is 0 Å². The molecule has 4 rings (SSSR count). The number of piperidine rings is 1. The summed E-state index contributed by atoms with van der Waals surface area (Å²) in [4.78, 5) is 0.280. The molecule has 0 amide bonds. The fourth-order valence-electron chi connectivity index (χ4n) is 3.28. The van der Waals surface area contributed by atoms with Crippen molar-refractivity contribution in [3.63, 3.8) is 0 Å². The van der Waals surface area contributed by atoms with Crippen LogP contribution in [0, 0.1) is 0 Å². The second kappa shape index (κ2) is 5.54. The van der Waals surface area contributed by atoms with Crippen molar-refractivity contribution in [1.29, 1.82) is 0 Å². The Labute approximate surface area is 135 Å². The average molecular weight is 330 g/mol. The van der Waals surface area contributed by atoms with E-state index in [0.717, 1.165) is 30.8 Å². The van der Waals surface area contributed by atoms with E-state index >= 15 is 0 Å². The third-order valence-electron chi connectivity index (χ3n) is 4.42. The fourth-order valence-corrected chi connectivity index (χ4v) is 4.38. The molecule has 120 valence electrons. The number of benzene rings is 2. The lowest BCUT2D eigenvalue weighted by Crippen LogP contribution is -2.39. The average Bonchev–Trinajstić information content (AvgIpc) is 2.93.